The minimum atomic E-state index is -0.617. The molecule has 0 fully saturated rings. The molecule has 2 aliphatic heterocycles. The largest absolute Gasteiger partial charge is 0.440 e. The number of benzene rings is 2. The van der Waals surface area contributed by atoms with Crippen molar-refractivity contribution >= 4 is 33.2 Å². The molecule has 0 bridgehead atoms. The topological polar surface area (TPSA) is 89.9 Å². The van der Waals surface area contributed by atoms with Gasteiger partial charge in [-0.15, -0.1) is 0 Å². The number of aliphatic imine (C=N–C) groups is 1. The van der Waals surface area contributed by atoms with E-state index in [1.807, 2.05) is 42.5 Å². The van der Waals surface area contributed by atoms with Crippen molar-refractivity contribution in [2.75, 3.05) is 0 Å². The fourth-order valence-corrected chi connectivity index (χ4v) is 3.88. The Bertz CT molecular complexity index is 1180. The molecule has 0 aliphatic carbocycles. The van der Waals surface area contributed by atoms with Gasteiger partial charge in [0.1, 0.15) is 11.7 Å². The number of hydrogen-bond acceptors (Lipinski definition) is 6. The van der Waals surface area contributed by atoms with Gasteiger partial charge in [0.2, 0.25) is 5.88 Å². The molecule has 0 saturated carbocycles. The number of nitrogens with two attached hydrogens (primary N) is 1. The van der Waals surface area contributed by atoms with Gasteiger partial charge in [0.25, 0.3) is 0 Å². The minimum absolute atomic E-state index is 0.419. The third-order valence-corrected chi connectivity index (χ3v) is 5.35. The zero-order chi connectivity index (χ0) is 18.5. The van der Waals surface area contributed by atoms with E-state index in [1.165, 1.54) is 6.34 Å². The van der Waals surface area contributed by atoms with Crippen molar-refractivity contribution in [1.29, 1.82) is 0 Å². The molecule has 0 spiro atoms. The molecule has 5 rings (SSSR count). The predicted octanol–water partition coefficient (Wildman–Crippen LogP) is 3.21. The smallest absolute Gasteiger partial charge is 0.344 e. The SMILES string of the molecule is N[C@H]1N=CNC2=C1[C@H](c1ccc(Br)cc1)c1c(c3ccccc3oc1=O)O2. The molecule has 3 N–H and O–H groups in total. The van der Waals surface area contributed by atoms with Crippen LogP contribution in [0.3, 0.4) is 0 Å². The number of hydrogen-bond donors (Lipinski definition) is 2. The number of rotatable bonds is 1. The minimum Gasteiger partial charge on any atom is -0.440 e. The van der Waals surface area contributed by atoms with Crippen LogP contribution in [-0.4, -0.2) is 12.5 Å². The van der Waals surface area contributed by atoms with Gasteiger partial charge >= 0.3 is 5.63 Å². The zero-order valence-corrected chi connectivity index (χ0v) is 15.6. The number of halogens is 1. The third kappa shape index (κ3) is 2.50. The normalized spacial score (nSPS) is 20.7. The molecule has 3 aromatic rings. The summed E-state index contributed by atoms with van der Waals surface area (Å²) >= 11 is 3.45. The molecule has 7 heteroatoms. The van der Waals surface area contributed by atoms with E-state index in [2.05, 4.69) is 26.2 Å². The average Bonchev–Trinajstić information content (AvgIpc) is 2.68. The number of para-hydroxylation sites is 1. The predicted molar refractivity (Wildman–Crippen MR) is 106 cm³/mol. The molecule has 2 atom stereocenters. The van der Waals surface area contributed by atoms with E-state index in [-0.39, 0.29) is 0 Å². The molecule has 0 saturated heterocycles. The van der Waals surface area contributed by atoms with Gasteiger partial charge in [0.05, 0.1) is 17.3 Å². The van der Waals surface area contributed by atoms with Gasteiger partial charge in [-0.1, -0.05) is 40.2 Å². The van der Waals surface area contributed by atoms with Gasteiger partial charge in [0.15, 0.2) is 5.75 Å². The van der Waals surface area contributed by atoms with Crippen LogP contribution in [-0.2, 0) is 0 Å². The molecule has 2 aliphatic rings. The monoisotopic (exact) mass is 423 g/mol. The molecule has 3 heterocycles. The van der Waals surface area contributed by atoms with Gasteiger partial charge in [0, 0.05) is 16.0 Å². The van der Waals surface area contributed by atoms with Gasteiger partial charge in [-0.3, -0.25) is 4.99 Å². The van der Waals surface area contributed by atoms with Crippen LogP contribution in [0.5, 0.6) is 5.75 Å². The molecule has 1 aromatic heterocycles. The van der Waals surface area contributed by atoms with Gasteiger partial charge in [-0.25, -0.2) is 4.79 Å². The van der Waals surface area contributed by atoms with Crippen LogP contribution >= 0.6 is 15.9 Å². The summed E-state index contributed by atoms with van der Waals surface area (Å²) in [7, 11) is 0. The van der Waals surface area contributed by atoms with Gasteiger partial charge < -0.3 is 20.2 Å². The van der Waals surface area contributed by atoms with Crippen LogP contribution in [0.4, 0.5) is 0 Å². The van der Waals surface area contributed by atoms with Crippen LogP contribution in [0.15, 0.2) is 78.7 Å². The van der Waals surface area contributed by atoms with E-state index in [4.69, 9.17) is 14.9 Å². The van der Waals surface area contributed by atoms with Crippen LogP contribution < -0.4 is 21.4 Å². The highest BCUT2D eigenvalue weighted by atomic mass is 79.9. The summed E-state index contributed by atoms with van der Waals surface area (Å²) in [5.74, 6) is 0.579. The molecule has 6 nitrogen and oxygen atoms in total. The Kier molecular flexibility index (Phi) is 3.66. The lowest BCUT2D eigenvalue weighted by atomic mass is 9.82. The van der Waals surface area contributed by atoms with Crippen molar-refractivity contribution < 1.29 is 9.15 Å². The lowest BCUT2D eigenvalue weighted by Gasteiger charge is -2.33. The van der Waals surface area contributed by atoms with E-state index < -0.39 is 17.7 Å². The maximum absolute atomic E-state index is 12.9. The summed E-state index contributed by atoms with van der Waals surface area (Å²) in [5.41, 5.74) is 8.34. The Balaban J connectivity index is 1.84. The van der Waals surface area contributed by atoms with Crippen molar-refractivity contribution in [2.45, 2.75) is 12.1 Å². The Morgan fingerprint density at radius 2 is 1.89 bits per heavy atom. The standard InChI is InChI=1S/C20H14BrN3O3/c21-11-7-5-10(6-8-11)14-15-17(27-19-16(14)18(22)23-9-24-19)12-3-1-2-4-13(12)26-20(15)25/h1-9,14,18H,22H2,(H,23,24)/t14-,18+/m1/s1. The first-order chi connectivity index (χ1) is 13.1. The van der Waals surface area contributed by atoms with Gasteiger partial charge in [-0.05, 0) is 29.8 Å². The zero-order valence-electron chi connectivity index (χ0n) is 14.0. The molecule has 2 aromatic carbocycles. The van der Waals surface area contributed by atoms with E-state index in [9.17, 15) is 4.79 Å². The average molecular weight is 424 g/mol. The number of nitrogens with one attached hydrogen (secondary N) is 1. The molecule has 0 amide bonds. The Hall–Kier alpha value is -2.90. The fraction of sp³-hybridized carbons (Fsp3) is 0.100. The third-order valence-electron chi connectivity index (χ3n) is 4.82. The first kappa shape index (κ1) is 16.3. The quantitative estimate of drug-likeness (QED) is 0.586. The summed E-state index contributed by atoms with van der Waals surface area (Å²) in [6.07, 6.45) is 0.898. The number of fused-ring (bicyclic) bond motifs is 3. The highest BCUT2D eigenvalue weighted by molar-refractivity contribution is 9.10. The lowest BCUT2D eigenvalue weighted by Crippen LogP contribution is -2.39. The summed E-state index contributed by atoms with van der Waals surface area (Å²) in [6.45, 7) is 0. The summed E-state index contributed by atoms with van der Waals surface area (Å²) in [5, 5.41) is 3.77. The van der Waals surface area contributed by atoms with E-state index in [1.54, 1.807) is 6.07 Å². The maximum atomic E-state index is 12.9. The summed E-state index contributed by atoms with van der Waals surface area (Å²) in [6, 6.07) is 15.1. The van der Waals surface area contributed by atoms with Crippen molar-refractivity contribution in [3.63, 3.8) is 0 Å². The van der Waals surface area contributed by atoms with Crippen molar-refractivity contribution in [3.05, 3.63) is 86.0 Å². The van der Waals surface area contributed by atoms with Crippen LogP contribution in [0.25, 0.3) is 11.0 Å². The van der Waals surface area contributed by atoms with E-state index in [0.717, 1.165) is 15.4 Å². The second-order valence-corrected chi connectivity index (χ2v) is 7.28. The van der Waals surface area contributed by atoms with Crippen LogP contribution in [0.1, 0.15) is 17.0 Å². The Labute approximate surface area is 162 Å². The van der Waals surface area contributed by atoms with Crippen molar-refractivity contribution in [3.8, 4) is 5.75 Å². The Morgan fingerprint density at radius 1 is 1.11 bits per heavy atom. The molecular weight excluding hydrogens is 410 g/mol. The molecule has 27 heavy (non-hydrogen) atoms. The summed E-state index contributed by atoms with van der Waals surface area (Å²) in [4.78, 5) is 17.2. The highest BCUT2D eigenvalue weighted by Gasteiger charge is 2.39. The molecule has 0 unspecified atom stereocenters. The van der Waals surface area contributed by atoms with E-state index in [0.29, 0.717) is 28.4 Å². The lowest BCUT2D eigenvalue weighted by molar-refractivity contribution is 0.358. The summed E-state index contributed by atoms with van der Waals surface area (Å²) < 4.78 is 12.6. The van der Waals surface area contributed by atoms with Crippen molar-refractivity contribution in [1.82, 2.24) is 5.32 Å². The molecular formula is C20H14BrN3O3. The fourth-order valence-electron chi connectivity index (χ4n) is 3.62. The first-order valence-corrected chi connectivity index (χ1v) is 9.19. The molecule has 134 valence electrons. The van der Waals surface area contributed by atoms with Gasteiger partial charge in [-0.2, -0.15) is 0 Å². The highest BCUT2D eigenvalue weighted by Crippen LogP contribution is 2.45. The second-order valence-electron chi connectivity index (χ2n) is 6.37. The second kappa shape index (κ2) is 6.07. The van der Waals surface area contributed by atoms with E-state index >= 15 is 0 Å². The Morgan fingerprint density at radius 3 is 2.70 bits per heavy atom. The molecule has 0 radical (unpaired) electrons. The van der Waals surface area contributed by atoms with Crippen LogP contribution in [0.2, 0.25) is 0 Å². The van der Waals surface area contributed by atoms with Crippen molar-refractivity contribution in [2.24, 2.45) is 10.7 Å². The van der Waals surface area contributed by atoms with Crippen LogP contribution in [0, 0.1) is 0 Å². The first-order valence-electron chi connectivity index (χ1n) is 8.40. The number of ether oxygens (including phenoxy) is 1. The maximum Gasteiger partial charge on any atom is 0.344 e. The number of nitrogens with zero attached hydrogens (tertiary/aromatic N) is 1.